The minimum atomic E-state index is -3.71. The fourth-order valence-electron chi connectivity index (χ4n) is 2.72. The molecule has 1 aromatic rings. The third kappa shape index (κ3) is 4.07. The summed E-state index contributed by atoms with van der Waals surface area (Å²) in [5.74, 6) is 0.323. The summed E-state index contributed by atoms with van der Waals surface area (Å²) < 4.78 is 37.6. The number of rotatable bonds is 3. The lowest BCUT2D eigenvalue weighted by atomic mass is 9.87. The number of carbonyl (C=O) groups excluding carboxylic acids is 1. The standard InChI is InChI=1S/C17H26N2O5S/c1-17(2,3)13-6-7-14(23-4)15(12-13)25(21,22)19-10-8-18(9-11-19)16(20)24-5/h6-7,12H,8-11H2,1-5H3. The minimum absolute atomic E-state index is 0.161. The third-order valence-corrected chi connectivity index (χ3v) is 6.24. The molecular weight excluding hydrogens is 344 g/mol. The highest BCUT2D eigenvalue weighted by atomic mass is 32.2. The zero-order valence-corrected chi connectivity index (χ0v) is 16.2. The average molecular weight is 370 g/mol. The lowest BCUT2D eigenvalue weighted by Crippen LogP contribution is -2.50. The summed E-state index contributed by atoms with van der Waals surface area (Å²) in [5.41, 5.74) is 0.736. The minimum Gasteiger partial charge on any atom is -0.495 e. The van der Waals surface area contributed by atoms with Gasteiger partial charge in [-0.15, -0.1) is 0 Å². The van der Waals surface area contributed by atoms with E-state index in [1.54, 1.807) is 12.1 Å². The molecule has 8 heteroatoms. The van der Waals surface area contributed by atoms with E-state index in [9.17, 15) is 13.2 Å². The Morgan fingerprint density at radius 1 is 1.08 bits per heavy atom. The summed E-state index contributed by atoms with van der Waals surface area (Å²) in [4.78, 5) is 13.2. The van der Waals surface area contributed by atoms with Crippen LogP contribution in [0.1, 0.15) is 26.3 Å². The van der Waals surface area contributed by atoms with Crippen molar-refractivity contribution in [2.45, 2.75) is 31.1 Å². The van der Waals surface area contributed by atoms with E-state index in [2.05, 4.69) is 4.74 Å². The van der Waals surface area contributed by atoms with Crippen molar-refractivity contribution in [2.75, 3.05) is 40.4 Å². The normalized spacial score (nSPS) is 16.6. The Labute approximate surface area is 149 Å². The highest BCUT2D eigenvalue weighted by Gasteiger charge is 2.33. The van der Waals surface area contributed by atoms with Gasteiger partial charge in [-0.2, -0.15) is 4.31 Å². The first-order chi connectivity index (χ1) is 11.6. The summed E-state index contributed by atoms with van der Waals surface area (Å²) in [7, 11) is -0.941. The van der Waals surface area contributed by atoms with Crippen molar-refractivity contribution in [2.24, 2.45) is 0 Å². The quantitative estimate of drug-likeness (QED) is 0.814. The Morgan fingerprint density at radius 3 is 2.16 bits per heavy atom. The number of carbonyl (C=O) groups is 1. The molecule has 1 aliphatic heterocycles. The van der Waals surface area contributed by atoms with Crippen LogP contribution in [0, 0.1) is 0 Å². The van der Waals surface area contributed by atoms with Gasteiger partial charge in [-0.25, -0.2) is 13.2 Å². The van der Waals surface area contributed by atoms with Crippen molar-refractivity contribution in [1.82, 2.24) is 9.21 Å². The van der Waals surface area contributed by atoms with Crippen molar-refractivity contribution in [3.63, 3.8) is 0 Å². The molecule has 0 N–H and O–H groups in total. The van der Waals surface area contributed by atoms with Crippen LogP contribution in [0.2, 0.25) is 0 Å². The van der Waals surface area contributed by atoms with Crippen molar-refractivity contribution in [3.8, 4) is 5.75 Å². The number of hydrogen-bond acceptors (Lipinski definition) is 5. The molecule has 1 aromatic carbocycles. The van der Waals surface area contributed by atoms with Crippen LogP contribution in [0.4, 0.5) is 4.79 Å². The van der Waals surface area contributed by atoms with Gasteiger partial charge >= 0.3 is 6.09 Å². The molecule has 1 saturated heterocycles. The number of nitrogens with zero attached hydrogens (tertiary/aromatic N) is 2. The van der Waals surface area contributed by atoms with E-state index in [-0.39, 0.29) is 23.4 Å². The largest absolute Gasteiger partial charge is 0.495 e. The highest BCUT2D eigenvalue weighted by molar-refractivity contribution is 7.89. The lowest BCUT2D eigenvalue weighted by molar-refractivity contribution is 0.108. The first kappa shape index (κ1) is 19.5. The predicted octanol–water partition coefficient (Wildman–Crippen LogP) is 2.07. The zero-order chi connectivity index (χ0) is 18.8. The molecule has 1 amide bonds. The van der Waals surface area contributed by atoms with Gasteiger partial charge in [0.25, 0.3) is 0 Å². The molecule has 0 aromatic heterocycles. The zero-order valence-electron chi connectivity index (χ0n) is 15.4. The number of benzene rings is 1. The van der Waals surface area contributed by atoms with Crippen molar-refractivity contribution in [1.29, 1.82) is 0 Å². The van der Waals surface area contributed by atoms with Crippen molar-refractivity contribution in [3.05, 3.63) is 23.8 Å². The van der Waals surface area contributed by atoms with Gasteiger partial charge in [0.15, 0.2) is 0 Å². The number of piperazine rings is 1. The van der Waals surface area contributed by atoms with Crippen LogP contribution in [-0.2, 0) is 20.2 Å². The molecular formula is C17H26N2O5S. The molecule has 0 bridgehead atoms. The Bertz CT molecular complexity index is 732. The van der Waals surface area contributed by atoms with E-state index in [1.807, 2.05) is 26.8 Å². The molecule has 25 heavy (non-hydrogen) atoms. The van der Waals surface area contributed by atoms with Crippen molar-refractivity contribution >= 4 is 16.1 Å². The van der Waals surface area contributed by atoms with E-state index in [0.29, 0.717) is 18.8 Å². The van der Waals surface area contributed by atoms with E-state index in [1.165, 1.54) is 23.4 Å². The Balaban J connectivity index is 2.32. The lowest BCUT2D eigenvalue weighted by Gasteiger charge is -2.33. The summed E-state index contributed by atoms with van der Waals surface area (Å²) >= 11 is 0. The average Bonchev–Trinajstić information content (AvgIpc) is 2.59. The van der Waals surface area contributed by atoms with Crippen molar-refractivity contribution < 1.29 is 22.7 Å². The molecule has 0 saturated carbocycles. The molecule has 1 fully saturated rings. The van der Waals surface area contributed by atoms with E-state index < -0.39 is 16.1 Å². The van der Waals surface area contributed by atoms with Crippen LogP contribution in [0.15, 0.2) is 23.1 Å². The van der Waals surface area contributed by atoms with Crippen LogP contribution in [0.25, 0.3) is 0 Å². The maximum Gasteiger partial charge on any atom is 0.409 e. The molecule has 140 valence electrons. The summed E-state index contributed by atoms with van der Waals surface area (Å²) in [6.07, 6.45) is -0.440. The molecule has 0 aliphatic carbocycles. The Morgan fingerprint density at radius 2 is 1.68 bits per heavy atom. The summed E-state index contributed by atoms with van der Waals surface area (Å²) in [6, 6.07) is 5.26. The van der Waals surface area contributed by atoms with E-state index in [4.69, 9.17) is 4.74 Å². The Kier molecular flexibility index (Phi) is 5.63. The number of sulfonamides is 1. The highest BCUT2D eigenvalue weighted by Crippen LogP contribution is 2.32. The number of methoxy groups -OCH3 is 2. The molecule has 0 spiro atoms. The first-order valence-corrected chi connectivity index (χ1v) is 9.57. The van der Waals surface area contributed by atoms with Gasteiger partial charge < -0.3 is 14.4 Å². The van der Waals surface area contributed by atoms with Crippen LogP contribution in [-0.4, -0.2) is 64.1 Å². The van der Waals surface area contributed by atoms with Crippen LogP contribution >= 0.6 is 0 Å². The fraction of sp³-hybridized carbons (Fsp3) is 0.588. The maximum absolute atomic E-state index is 13.1. The summed E-state index contributed by atoms with van der Waals surface area (Å²) in [6.45, 7) is 7.13. The molecule has 1 aliphatic rings. The molecule has 1 heterocycles. The van der Waals surface area contributed by atoms with E-state index >= 15 is 0 Å². The van der Waals surface area contributed by atoms with Gasteiger partial charge in [-0.1, -0.05) is 26.8 Å². The topological polar surface area (TPSA) is 76.2 Å². The van der Waals surface area contributed by atoms with Gasteiger partial charge in [-0.3, -0.25) is 0 Å². The molecule has 7 nitrogen and oxygen atoms in total. The smallest absolute Gasteiger partial charge is 0.409 e. The van der Waals surface area contributed by atoms with Gasteiger partial charge in [0.2, 0.25) is 10.0 Å². The number of ether oxygens (including phenoxy) is 2. The van der Waals surface area contributed by atoms with Gasteiger partial charge in [0.05, 0.1) is 14.2 Å². The predicted molar refractivity (Wildman–Crippen MR) is 94.4 cm³/mol. The van der Waals surface area contributed by atoms with E-state index in [0.717, 1.165) is 5.56 Å². The second-order valence-electron chi connectivity index (χ2n) is 6.98. The third-order valence-electron chi connectivity index (χ3n) is 4.32. The van der Waals surface area contributed by atoms with Crippen LogP contribution in [0.5, 0.6) is 5.75 Å². The Hall–Kier alpha value is -1.80. The van der Waals surface area contributed by atoms with Crippen LogP contribution in [0.3, 0.4) is 0 Å². The van der Waals surface area contributed by atoms with Gasteiger partial charge in [-0.05, 0) is 23.1 Å². The number of amides is 1. The molecule has 0 radical (unpaired) electrons. The summed E-state index contributed by atoms with van der Waals surface area (Å²) in [5, 5.41) is 0. The maximum atomic E-state index is 13.1. The molecule has 0 unspecified atom stereocenters. The number of hydrogen-bond donors (Lipinski definition) is 0. The fourth-order valence-corrected chi connectivity index (χ4v) is 4.33. The SMILES string of the molecule is COC(=O)N1CCN(S(=O)(=O)c2cc(C(C)(C)C)ccc2OC)CC1. The first-order valence-electron chi connectivity index (χ1n) is 8.13. The van der Waals surface area contributed by atoms with Gasteiger partial charge in [0, 0.05) is 26.2 Å². The molecule has 0 atom stereocenters. The second kappa shape index (κ2) is 7.21. The van der Waals surface area contributed by atoms with Crippen LogP contribution < -0.4 is 4.74 Å². The molecule has 2 rings (SSSR count). The van der Waals surface area contributed by atoms with Gasteiger partial charge in [0.1, 0.15) is 10.6 Å². The second-order valence-corrected chi connectivity index (χ2v) is 8.88. The monoisotopic (exact) mass is 370 g/mol.